The maximum atomic E-state index is 13.6. The van der Waals surface area contributed by atoms with Gasteiger partial charge in [0.05, 0.1) is 17.1 Å². The van der Waals surface area contributed by atoms with Crippen LogP contribution in [-0.4, -0.2) is 72.5 Å². The van der Waals surface area contributed by atoms with E-state index in [0.29, 0.717) is 32.1 Å². The number of aliphatic hydroxyl groups is 1. The van der Waals surface area contributed by atoms with Crippen molar-refractivity contribution in [2.24, 2.45) is 11.7 Å². The lowest BCUT2D eigenvalue weighted by Crippen LogP contribution is -2.55. The summed E-state index contributed by atoms with van der Waals surface area (Å²) in [5, 5.41) is 12.7. The molecule has 0 spiro atoms. The van der Waals surface area contributed by atoms with Gasteiger partial charge in [0.1, 0.15) is 17.7 Å². The highest BCUT2D eigenvalue weighted by molar-refractivity contribution is 7.92. The molecule has 4 N–H and O–H groups in total. The number of hydrogen-bond acceptors (Lipinski definition) is 6. The highest BCUT2D eigenvalue weighted by atomic mass is 32.2. The van der Waals surface area contributed by atoms with Crippen LogP contribution in [0.5, 0.6) is 0 Å². The van der Waals surface area contributed by atoms with Gasteiger partial charge in [-0.05, 0) is 49.3 Å². The smallest absolute Gasteiger partial charge is 0.246 e. The molecule has 0 bridgehead atoms. The largest absolute Gasteiger partial charge is 0.390 e. The van der Waals surface area contributed by atoms with E-state index in [9.17, 15) is 31.9 Å². The molecule has 218 valence electrons. The summed E-state index contributed by atoms with van der Waals surface area (Å²) >= 11 is 0. The average Bonchev–Trinajstić information content (AvgIpc) is 2.79. The Labute approximate surface area is 226 Å². The Morgan fingerprint density at radius 3 is 2.08 bits per heavy atom. The Kier molecular flexibility index (Phi) is 14.4. The van der Waals surface area contributed by atoms with E-state index in [4.69, 9.17) is 5.73 Å². The predicted octanol–water partition coefficient (Wildman–Crippen LogP) is 2.96. The molecule has 0 aliphatic carbocycles. The Hall–Kier alpha value is -2.11. The average molecular weight is 562 g/mol. The van der Waals surface area contributed by atoms with Gasteiger partial charge in [0.25, 0.3) is 0 Å². The molecule has 38 heavy (non-hydrogen) atoms. The molecular formula is C27H45F2N3O5S. The molecule has 11 heteroatoms. The van der Waals surface area contributed by atoms with Crippen LogP contribution in [0.1, 0.15) is 72.3 Å². The molecular weight excluding hydrogens is 516 g/mol. The Morgan fingerprint density at radius 1 is 1.05 bits per heavy atom. The monoisotopic (exact) mass is 561 g/mol. The van der Waals surface area contributed by atoms with Crippen molar-refractivity contribution in [1.29, 1.82) is 0 Å². The van der Waals surface area contributed by atoms with Gasteiger partial charge < -0.3 is 21.1 Å². The lowest BCUT2D eigenvalue weighted by Gasteiger charge is -2.32. The molecule has 0 aromatic heterocycles. The van der Waals surface area contributed by atoms with E-state index < -0.39 is 62.5 Å². The van der Waals surface area contributed by atoms with Crippen molar-refractivity contribution < 1.29 is 31.9 Å². The first kappa shape index (κ1) is 33.9. The molecule has 0 saturated carbocycles. The maximum Gasteiger partial charge on any atom is 0.246 e. The number of nitrogens with zero attached hydrogens (tertiary/aromatic N) is 1. The summed E-state index contributed by atoms with van der Waals surface area (Å²) in [7, 11) is -3.72. The fraction of sp³-hybridized carbons (Fsp3) is 0.704. The molecule has 1 aromatic rings. The van der Waals surface area contributed by atoms with Crippen LogP contribution in [0.3, 0.4) is 0 Å². The molecule has 1 aromatic carbocycles. The van der Waals surface area contributed by atoms with E-state index in [-0.39, 0.29) is 31.0 Å². The van der Waals surface area contributed by atoms with Crippen molar-refractivity contribution in [3.63, 3.8) is 0 Å². The molecule has 0 aliphatic heterocycles. The van der Waals surface area contributed by atoms with Gasteiger partial charge in [0, 0.05) is 32.1 Å². The first-order valence-corrected chi connectivity index (χ1v) is 15.1. The van der Waals surface area contributed by atoms with E-state index in [2.05, 4.69) is 5.32 Å². The first-order chi connectivity index (χ1) is 17.7. The summed E-state index contributed by atoms with van der Waals surface area (Å²) in [6.45, 7) is 8.89. The number of nitrogens with one attached hydrogen (secondary N) is 1. The van der Waals surface area contributed by atoms with E-state index in [1.807, 2.05) is 27.7 Å². The number of sulfone groups is 1. The van der Waals surface area contributed by atoms with Crippen molar-refractivity contribution in [2.75, 3.05) is 18.8 Å². The number of hydrogen-bond donors (Lipinski definition) is 3. The van der Waals surface area contributed by atoms with Gasteiger partial charge in [0.2, 0.25) is 11.8 Å². The molecule has 0 unspecified atom stereocenters. The highest BCUT2D eigenvalue weighted by Gasteiger charge is 2.35. The number of rotatable bonds is 17. The SMILES string of the molecule is CCCC(CCC)S(=O)(=O)C[C@@H](NC(C)=O)C(=O)N(CCC(C)C)C[C@@H](O)[C@@H](N)Cc1cc(F)cc(F)c1. The van der Waals surface area contributed by atoms with E-state index in [1.165, 1.54) is 11.8 Å². The summed E-state index contributed by atoms with van der Waals surface area (Å²) in [5.74, 6) is -3.04. The zero-order chi connectivity index (χ0) is 29.0. The number of nitrogens with two attached hydrogens (primary N) is 1. The predicted molar refractivity (Wildman–Crippen MR) is 145 cm³/mol. The van der Waals surface area contributed by atoms with Gasteiger partial charge in [-0.2, -0.15) is 0 Å². The number of carbonyl (C=O) groups excluding carboxylic acids is 2. The lowest BCUT2D eigenvalue weighted by molar-refractivity contribution is -0.137. The van der Waals surface area contributed by atoms with Gasteiger partial charge >= 0.3 is 0 Å². The number of carbonyl (C=O) groups is 2. The van der Waals surface area contributed by atoms with Crippen LogP contribution in [0, 0.1) is 17.6 Å². The van der Waals surface area contributed by atoms with Gasteiger partial charge in [-0.25, -0.2) is 17.2 Å². The zero-order valence-electron chi connectivity index (χ0n) is 23.3. The van der Waals surface area contributed by atoms with Crippen LogP contribution in [0.15, 0.2) is 18.2 Å². The van der Waals surface area contributed by atoms with Crippen LogP contribution < -0.4 is 11.1 Å². The number of benzene rings is 1. The van der Waals surface area contributed by atoms with Gasteiger partial charge in [0.15, 0.2) is 9.84 Å². The molecule has 0 saturated heterocycles. The summed E-state index contributed by atoms with van der Waals surface area (Å²) in [6, 6.07) is 0.712. The first-order valence-electron chi connectivity index (χ1n) is 13.4. The second-order valence-corrected chi connectivity index (χ2v) is 12.8. The third-order valence-corrected chi connectivity index (χ3v) is 8.67. The van der Waals surface area contributed by atoms with Crippen molar-refractivity contribution >= 4 is 21.7 Å². The third-order valence-electron chi connectivity index (χ3n) is 6.39. The molecule has 2 amide bonds. The number of halogens is 2. The quantitative estimate of drug-likeness (QED) is 0.268. The van der Waals surface area contributed by atoms with Gasteiger partial charge in [-0.3, -0.25) is 9.59 Å². The Balaban J connectivity index is 3.17. The summed E-state index contributed by atoms with van der Waals surface area (Å²) < 4.78 is 53.6. The van der Waals surface area contributed by atoms with Gasteiger partial charge in [-0.15, -0.1) is 0 Å². The fourth-order valence-electron chi connectivity index (χ4n) is 4.36. The van der Waals surface area contributed by atoms with Crippen molar-refractivity contribution in [3.8, 4) is 0 Å². The van der Waals surface area contributed by atoms with Crippen LogP contribution in [0.25, 0.3) is 0 Å². The lowest BCUT2D eigenvalue weighted by atomic mass is 10.0. The van der Waals surface area contributed by atoms with Crippen molar-refractivity contribution in [3.05, 3.63) is 35.4 Å². The fourth-order valence-corrected chi connectivity index (χ4v) is 6.51. The molecule has 3 atom stereocenters. The number of amides is 2. The van der Waals surface area contributed by atoms with E-state index >= 15 is 0 Å². The third kappa shape index (κ3) is 11.7. The van der Waals surface area contributed by atoms with Crippen LogP contribution >= 0.6 is 0 Å². The van der Waals surface area contributed by atoms with E-state index in [0.717, 1.165) is 18.2 Å². The minimum Gasteiger partial charge on any atom is -0.390 e. The summed E-state index contributed by atoms with van der Waals surface area (Å²) in [6.07, 6.45) is 1.52. The highest BCUT2D eigenvalue weighted by Crippen LogP contribution is 2.18. The topological polar surface area (TPSA) is 130 Å². The molecule has 0 aliphatic rings. The Morgan fingerprint density at radius 2 is 1.61 bits per heavy atom. The molecule has 0 heterocycles. The van der Waals surface area contributed by atoms with Crippen LogP contribution in [0.4, 0.5) is 8.78 Å². The minimum atomic E-state index is -3.72. The van der Waals surface area contributed by atoms with Crippen LogP contribution in [0.2, 0.25) is 0 Å². The number of aliphatic hydroxyl groups excluding tert-OH is 1. The zero-order valence-corrected chi connectivity index (χ0v) is 24.1. The standard InChI is InChI=1S/C27H45F2N3O5S/c1-6-8-23(9-7-2)38(36,37)17-25(31-19(5)33)27(35)32(11-10-18(3)4)16-26(34)24(30)14-20-12-21(28)15-22(29)13-20/h12-13,15,18,23-26,34H,6-11,14,16-17,30H2,1-5H3,(H,31,33)/t24-,25+,26+/m0/s1. The van der Waals surface area contributed by atoms with Crippen molar-refractivity contribution in [2.45, 2.75) is 96.6 Å². The normalized spacial score (nSPS) is 14.4. The van der Waals surface area contributed by atoms with Gasteiger partial charge in [-0.1, -0.05) is 40.5 Å². The molecule has 0 radical (unpaired) electrons. The summed E-state index contributed by atoms with van der Waals surface area (Å²) in [5.41, 5.74) is 6.38. The maximum absolute atomic E-state index is 13.6. The minimum absolute atomic E-state index is 0.0404. The summed E-state index contributed by atoms with van der Waals surface area (Å²) in [4.78, 5) is 26.9. The molecule has 0 fully saturated rings. The van der Waals surface area contributed by atoms with E-state index in [1.54, 1.807) is 0 Å². The molecule has 8 nitrogen and oxygen atoms in total. The Bertz CT molecular complexity index is 980. The van der Waals surface area contributed by atoms with Crippen LogP contribution in [-0.2, 0) is 25.8 Å². The second kappa shape index (κ2) is 16.1. The van der Waals surface area contributed by atoms with Crippen molar-refractivity contribution in [1.82, 2.24) is 10.2 Å². The molecule has 1 rings (SSSR count). The second-order valence-electron chi connectivity index (χ2n) is 10.5.